The number of likely N-dealkylation sites (N-methyl/N-ethyl adjacent to an activating group) is 1. The minimum Gasteiger partial charge on any atom is -0.493 e. The number of aliphatic imine (C=N–C) groups is 2. The summed E-state index contributed by atoms with van der Waals surface area (Å²) in [6, 6.07) is 17.5. The van der Waals surface area contributed by atoms with Gasteiger partial charge < -0.3 is 29.6 Å². The standard InChI is InChI=1S/C34H41N5O5/c1-6-44-31-18-24-25(19-30(31)43-5)32(37-27-14-16-39(2)20-26(24)27)22-8-10-23(11-9-22)33(40)38-34(35)36-15-13-21-7-12-28(41-3)29(17-21)42-4/h7-12,17-19,26-27H,6,13-16,20H2,1-5H3,(H3,35,36,38,40). The second-order valence-electron chi connectivity index (χ2n) is 11.0. The van der Waals surface area contributed by atoms with Gasteiger partial charge in [-0.2, -0.15) is 0 Å². The molecule has 44 heavy (non-hydrogen) atoms. The Morgan fingerprint density at radius 2 is 1.73 bits per heavy atom. The second kappa shape index (κ2) is 13.8. The zero-order valence-corrected chi connectivity index (χ0v) is 26.1. The zero-order valence-electron chi connectivity index (χ0n) is 26.1. The van der Waals surface area contributed by atoms with E-state index in [1.54, 1.807) is 33.5 Å². The van der Waals surface area contributed by atoms with Crippen LogP contribution >= 0.6 is 0 Å². The van der Waals surface area contributed by atoms with Gasteiger partial charge in [0.15, 0.2) is 29.0 Å². The normalized spacial score (nSPS) is 18.0. The van der Waals surface area contributed by atoms with E-state index in [1.807, 2.05) is 43.3 Å². The molecule has 10 nitrogen and oxygen atoms in total. The average Bonchev–Trinajstić information content (AvgIpc) is 3.04. The van der Waals surface area contributed by atoms with Gasteiger partial charge in [-0.3, -0.25) is 20.1 Å². The first-order valence-corrected chi connectivity index (χ1v) is 14.9. The molecule has 232 valence electrons. The Morgan fingerprint density at radius 1 is 1.00 bits per heavy atom. The van der Waals surface area contributed by atoms with E-state index < -0.39 is 0 Å². The number of nitrogens with one attached hydrogen (secondary N) is 1. The van der Waals surface area contributed by atoms with E-state index in [-0.39, 0.29) is 23.8 Å². The van der Waals surface area contributed by atoms with E-state index in [0.717, 1.165) is 47.7 Å². The number of methoxy groups -OCH3 is 3. The molecule has 0 spiro atoms. The van der Waals surface area contributed by atoms with E-state index in [2.05, 4.69) is 28.3 Å². The molecule has 2 aliphatic rings. The molecule has 2 aliphatic heterocycles. The Labute approximate surface area is 258 Å². The fourth-order valence-corrected chi connectivity index (χ4v) is 5.89. The molecule has 3 N–H and O–H groups in total. The number of amides is 1. The first-order chi connectivity index (χ1) is 21.3. The van der Waals surface area contributed by atoms with Crippen LogP contribution in [0.15, 0.2) is 64.6 Å². The predicted octanol–water partition coefficient (Wildman–Crippen LogP) is 4.04. The molecule has 0 radical (unpaired) electrons. The first kappa shape index (κ1) is 30.9. The fraction of sp³-hybridized carbons (Fsp3) is 0.382. The molecule has 0 aromatic heterocycles. The van der Waals surface area contributed by atoms with Gasteiger partial charge in [-0.25, -0.2) is 0 Å². The predicted molar refractivity (Wildman–Crippen MR) is 172 cm³/mol. The van der Waals surface area contributed by atoms with Crippen LogP contribution in [0, 0.1) is 0 Å². The van der Waals surface area contributed by atoms with Crippen molar-refractivity contribution < 1.29 is 23.7 Å². The van der Waals surface area contributed by atoms with Crippen LogP contribution in [-0.4, -0.2) is 83.1 Å². The van der Waals surface area contributed by atoms with Gasteiger partial charge in [-0.05, 0) is 80.9 Å². The number of piperidine rings is 1. The average molecular weight is 600 g/mol. The van der Waals surface area contributed by atoms with Crippen molar-refractivity contribution in [1.29, 1.82) is 0 Å². The number of nitrogens with two attached hydrogens (primary N) is 1. The monoisotopic (exact) mass is 599 g/mol. The number of rotatable bonds is 10. The van der Waals surface area contributed by atoms with Gasteiger partial charge in [0.25, 0.3) is 5.91 Å². The highest BCUT2D eigenvalue weighted by Crippen LogP contribution is 2.42. The summed E-state index contributed by atoms with van der Waals surface area (Å²) in [5.41, 5.74) is 11.6. The zero-order chi connectivity index (χ0) is 31.2. The number of benzene rings is 3. The number of hydrogen-bond donors (Lipinski definition) is 2. The SMILES string of the molecule is CCOc1cc2c(cc1OC)C(c1ccc(C(=O)NC(N)=NCCc3ccc(OC)c(OC)c3)cc1)=NC1CCN(C)CC21. The Morgan fingerprint density at radius 3 is 2.43 bits per heavy atom. The van der Waals surface area contributed by atoms with Crippen molar-refractivity contribution in [2.45, 2.75) is 31.7 Å². The quantitative estimate of drug-likeness (QED) is 0.267. The number of nitrogens with zero attached hydrogens (tertiary/aromatic N) is 3. The minimum atomic E-state index is -0.326. The molecule has 0 bridgehead atoms. The van der Waals surface area contributed by atoms with Gasteiger partial charge in [0, 0.05) is 35.7 Å². The van der Waals surface area contributed by atoms with Crippen molar-refractivity contribution in [3.63, 3.8) is 0 Å². The maximum Gasteiger partial charge on any atom is 0.257 e. The van der Waals surface area contributed by atoms with Crippen molar-refractivity contribution in [1.82, 2.24) is 10.2 Å². The van der Waals surface area contributed by atoms with E-state index in [1.165, 1.54) is 5.56 Å². The molecule has 0 saturated carbocycles. The van der Waals surface area contributed by atoms with Crippen LogP contribution in [0.3, 0.4) is 0 Å². The van der Waals surface area contributed by atoms with Crippen LogP contribution in [0.25, 0.3) is 0 Å². The number of carbonyl (C=O) groups excluding carboxylic acids is 1. The molecule has 5 rings (SSSR count). The van der Waals surface area contributed by atoms with E-state index in [0.29, 0.717) is 42.4 Å². The molecule has 1 saturated heterocycles. The number of ether oxygens (including phenoxy) is 4. The van der Waals surface area contributed by atoms with Crippen LogP contribution < -0.4 is 30.0 Å². The lowest BCUT2D eigenvalue weighted by Gasteiger charge is -2.39. The third-order valence-corrected chi connectivity index (χ3v) is 8.16. The maximum absolute atomic E-state index is 13.0. The highest BCUT2D eigenvalue weighted by atomic mass is 16.5. The van der Waals surface area contributed by atoms with E-state index in [9.17, 15) is 4.79 Å². The van der Waals surface area contributed by atoms with Crippen LogP contribution in [0.5, 0.6) is 23.0 Å². The topological polar surface area (TPSA) is 120 Å². The van der Waals surface area contributed by atoms with Crippen LogP contribution in [-0.2, 0) is 6.42 Å². The van der Waals surface area contributed by atoms with Crippen LogP contribution in [0.2, 0.25) is 0 Å². The Hall–Kier alpha value is -4.57. The fourth-order valence-electron chi connectivity index (χ4n) is 5.89. The van der Waals surface area contributed by atoms with Crippen molar-refractivity contribution in [2.75, 3.05) is 54.6 Å². The van der Waals surface area contributed by atoms with Gasteiger partial charge in [0.1, 0.15) is 0 Å². The molecule has 0 aliphatic carbocycles. The van der Waals surface area contributed by atoms with Crippen molar-refractivity contribution in [2.24, 2.45) is 15.7 Å². The molecule has 1 amide bonds. The molecule has 2 atom stereocenters. The number of guanidine groups is 1. The van der Waals surface area contributed by atoms with E-state index in [4.69, 9.17) is 29.7 Å². The smallest absolute Gasteiger partial charge is 0.257 e. The van der Waals surface area contributed by atoms with Gasteiger partial charge in [0.05, 0.1) is 39.7 Å². The summed E-state index contributed by atoms with van der Waals surface area (Å²) in [6.07, 6.45) is 1.61. The van der Waals surface area contributed by atoms with Crippen LogP contribution in [0.1, 0.15) is 51.9 Å². The Bertz CT molecular complexity index is 1550. The molecular formula is C34H41N5O5. The minimum absolute atomic E-state index is 0.0654. The lowest BCUT2D eigenvalue weighted by atomic mass is 9.79. The summed E-state index contributed by atoms with van der Waals surface area (Å²) in [4.78, 5) is 24.9. The Kier molecular flexibility index (Phi) is 9.69. The largest absolute Gasteiger partial charge is 0.493 e. The molecular weight excluding hydrogens is 558 g/mol. The maximum atomic E-state index is 13.0. The highest BCUT2D eigenvalue weighted by molar-refractivity contribution is 6.15. The summed E-state index contributed by atoms with van der Waals surface area (Å²) in [6.45, 7) is 4.87. The first-order valence-electron chi connectivity index (χ1n) is 14.9. The van der Waals surface area contributed by atoms with Crippen molar-refractivity contribution >= 4 is 17.6 Å². The van der Waals surface area contributed by atoms with E-state index >= 15 is 0 Å². The summed E-state index contributed by atoms with van der Waals surface area (Å²) in [5.74, 6) is 2.76. The summed E-state index contributed by atoms with van der Waals surface area (Å²) < 4.78 is 22.3. The molecule has 10 heteroatoms. The van der Waals surface area contributed by atoms with Crippen molar-refractivity contribution in [3.8, 4) is 23.0 Å². The molecule has 2 heterocycles. The highest BCUT2D eigenvalue weighted by Gasteiger charge is 2.36. The van der Waals surface area contributed by atoms with Gasteiger partial charge in [0.2, 0.25) is 0 Å². The van der Waals surface area contributed by atoms with Gasteiger partial charge >= 0.3 is 0 Å². The summed E-state index contributed by atoms with van der Waals surface area (Å²) in [7, 11) is 7.01. The van der Waals surface area contributed by atoms with Crippen molar-refractivity contribution in [3.05, 3.63) is 82.4 Å². The van der Waals surface area contributed by atoms with Crippen LogP contribution in [0.4, 0.5) is 0 Å². The number of likely N-dealkylation sites (tertiary alicyclic amines) is 1. The van der Waals surface area contributed by atoms with Gasteiger partial charge in [-0.15, -0.1) is 0 Å². The number of hydrogen-bond acceptors (Lipinski definition) is 8. The summed E-state index contributed by atoms with van der Waals surface area (Å²) >= 11 is 0. The Balaban J connectivity index is 1.31. The molecule has 3 aromatic rings. The second-order valence-corrected chi connectivity index (χ2v) is 11.0. The third-order valence-electron chi connectivity index (χ3n) is 8.16. The number of carbonyl (C=O) groups is 1. The molecule has 2 unspecified atom stereocenters. The lowest BCUT2D eigenvalue weighted by molar-refractivity contribution is 0.0976. The molecule has 1 fully saturated rings. The third kappa shape index (κ3) is 6.65. The molecule has 3 aromatic carbocycles. The number of fused-ring (bicyclic) bond motifs is 3. The summed E-state index contributed by atoms with van der Waals surface area (Å²) in [5, 5.41) is 2.69. The van der Waals surface area contributed by atoms with Gasteiger partial charge in [-0.1, -0.05) is 18.2 Å². The lowest BCUT2D eigenvalue weighted by Crippen LogP contribution is -2.41.